The van der Waals surface area contributed by atoms with Gasteiger partial charge in [0.1, 0.15) is 17.2 Å². The van der Waals surface area contributed by atoms with Gasteiger partial charge in [-0.05, 0) is 54.4 Å². The molecular weight excluding hydrogens is 569 g/mol. The van der Waals surface area contributed by atoms with E-state index >= 15 is 0 Å². The summed E-state index contributed by atoms with van der Waals surface area (Å²) < 4.78 is 5.44. The molecule has 3 atom stereocenters. The number of ketones is 3. The third-order valence-corrected chi connectivity index (χ3v) is 9.44. The number of benzene rings is 4. The van der Waals surface area contributed by atoms with Crippen LogP contribution in [0.1, 0.15) is 53.7 Å². The number of halogens is 2. The van der Waals surface area contributed by atoms with Gasteiger partial charge in [0, 0.05) is 38.3 Å². The molecule has 1 aliphatic carbocycles. The molecule has 4 aromatic rings. The molecule has 0 radical (unpaired) electrons. The number of anilines is 1. The molecule has 42 heavy (non-hydrogen) atoms. The Morgan fingerprint density at radius 2 is 1.62 bits per heavy atom. The predicted octanol–water partition coefficient (Wildman–Crippen LogP) is 7.63. The summed E-state index contributed by atoms with van der Waals surface area (Å²) >= 11 is 13.2. The van der Waals surface area contributed by atoms with Gasteiger partial charge < -0.3 is 9.64 Å². The Bertz CT molecular complexity index is 1830. The lowest BCUT2D eigenvalue weighted by molar-refractivity contribution is 0.0666. The number of hydrogen-bond acceptors (Lipinski definition) is 5. The van der Waals surface area contributed by atoms with Crippen LogP contribution >= 0.6 is 23.2 Å². The fourth-order valence-electron chi connectivity index (χ4n) is 7.14. The van der Waals surface area contributed by atoms with Crippen LogP contribution in [0.3, 0.4) is 0 Å². The van der Waals surface area contributed by atoms with E-state index in [0.29, 0.717) is 38.0 Å². The first-order valence-electron chi connectivity index (χ1n) is 13.7. The van der Waals surface area contributed by atoms with Crippen LogP contribution in [0.5, 0.6) is 5.75 Å². The summed E-state index contributed by atoms with van der Waals surface area (Å²) in [5.74, 6) is -1.26. The first-order valence-corrected chi connectivity index (χ1v) is 14.4. The maximum Gasteiger partial charge on any atom is 0.186 e. The van der Waals surface area contributed by atoms with E-state index in [9.17, 15) is 14.4 Å². The molecule has 7 rings (SSSR count). The Kier molecular flexibility index (Phi) is 6.16. The first kappa shape index (κ1) is 26.7. The number of nitrogens with zero attached hydrogens (tertiary/aromatic N) is 1. The van der Waals surface area contributed by atoms with Crippen LogP contribution in [0.2, 0.25) is 10.0 Å². The minimum Gasteiger partial charge on any atom is -0.497 e. The zero-order valence-corrected chi connectivity index (χ0v) is 24.3. The second-order valence-corrected chi connectivity index (χ2v) is 11.9. The first-order chi connectivity index (χ1) is 20.3. The van der Waals surface area contributed by atoms with Gasteiger partial charge in [-0.25, -0.2) is 0 Å². The van der Waals surface area contributed by atoms with Gasteiger partial charge in [0.25, 0.3) is 0 Å². The van der Waals surface area contributed by atoms with Crippen molar-refractivity contribution in [1.82, 2.24) is 0 Å². The SMILES string of the molecule is COc1cccc(C(=O)[C@@H]2[C@@H](c3ccc(Cl)cc3Cl)C3(C(=O)c4ccccc4C3=O)[C@H]3C=Cc4cc(C)ccc4N23)c1. The zero-order valence-electron chi connectivity index (χ0n) is 22.8. The van der Waals surface area contributed by atoms with Crippen LogP contribution < -0.4 is 9.64 Å². The van der Waals surface area contributed by atoms with E-state index in [2.05, 4.69) is 0 Å². The molecule has 208 valence electrons. The third kappa shape index (κ3) is 3.60. The highest BCUT2D eigenvalue weighted by Gasteiger charge is 2.71. The van der Waals surface area contributed by atoms with Crippen LogP contribution in [-0.2, 0) is 0 Å². The highest BCUT2D eigenvalue weighted by atomic mass is 35.5. The summed E-state index contributed by atoms with van der Waals surface area (Å²) in [4.78, 5) is 46.3. The summed E-state index contributed by atoms with van der Waals surface area (Å²) in [6.07, 6.45) is 3.85. The molecule has 2 aliphatic heterocycles. The van der Waals surface area contributed by atoms with Crippen molar-refractivity contribution in [2.24, 2.45) is 5.41 Å². The number of fused-ring (bicyclic) bond motifs is 5. The van der Waals surface area contributed by atoms with Crippen LogP contribution in [0.4, 0.5) is 5.69 Å². The van der Waals surface area contributed by atoms with Crippen molar-refractivity contribution in [2.75, 3.05) is 12.0 Å². The molecule has 1 fully saturated rings. The molecule has 5 nitrogen and oxygen atoms in total. The standard InChI is InChI=1S/C35H25Cl2NO4/c1-19-10-14-28-20(16-19)11-15-29-35(33(40)24-8-3-4-9-25(24)34(35)41)30(26-13-12-22(36)18-27(26)37)31(38(28)29)32(39)21-6-5-7-23(17-21)42-2/h3-18,29-31H,1-2H3/t29-,30-,31+/m1/s1. The van der Waals surface area contributed by atoms with Gasteiger partial charge in [0.2, 0.25) is 0 Å². The molecule has 4 aromatic carbocycles. The number of carbonyl (C=O) groups excluding carboxylic acids is 3. The summed E-state index contributed by atoms with van der Waals surface area (Å²) in [6, 6.07) is 23.2. The second-order valence-electron chi connectivity index (χ2n) is 11.0. The number of Topliss-reactive ketones (excluding diaryl/α,β-unsaturated/α-hetero) is 3. The minimum atomic E-state index is -1.64. The van der Waals surface area contributed by atoms with Crippen molar-refractivity contribution in [2.45, 2.75) is 24.9 Å². The van der Waals surface area contributed by atoms with Crippen LogP contribution in [0.25, 0.3) is 6.08 Å². The van der Waals surface area contributed by atoms with Crippen molar-refractivity contribution >= 4 is 52.3 Å². The molecule has 0 amide bonds. The summed E-state index contributed by atoms with van der Waals surface area (Å²) in [6.45, 7) is 2.00. The molecule has 1 saturated heterocycles. The van der Waals surface area contributed by atoms with Crippen molar-refractivity contribution < 1.29 is 19.1 Å². The molecule has 7 heteroatoms. The Morgan fingerprint density at radius 3 is 2.31 bits per heavy atom. The summed E-state index contributed by atoms with van der Waals surface area (Å²) in [5, 5.41) is 0.706. The minimum absolute atomic E-state index is 0.245. The quantitative estimate of drug-likeness (QED) is 0.180. The van der Waals surface area contributed by atoms with E-state index in [-0.39, 0.29) is 17.3 Å². The maximum absolute atomic E-state index is 14.8. The smallest absolute Gasteiger partial charge is 0.186 e. The molecule has 2 heterocycles. The van der Waals surface area contributed by atoms with Crippen molar-refractivity contribution in [3.63, 3.8) is 0 Å². The van der Waals surface area contributed by atoms with Gasteiger partial charge >= 0.3 is 0 Å². The van der Waals surface area contributed by atoms with E-state index < -0.39 is 23.4 Å². The Labute approximate surface area is 253 Å². The fourth-order valence-corrected chi connectivity index (χ4v) is 7.67. The topological polar surface area (TPSA) is 63.7 Å². The van der Waals surface area contributed by atoms with Crippen molar-refractivity contribution in [3.8, 4) is 5.75 Å². The van der Waals surface area contributed by atoms with E-state index in [0.717, 1.165) is 16.8 Å². The van der Waals surface area contributed by atoms with E-state index in [4.69, 9.17) is 27.9 Å². The van der Waals surface area contributed by atoms with Crippen LogP contribution in [0, 0.1) is 12.3 Å². The molecule has 0 aromatic heterocycles. The summed E-state index contributed by atoms with van der Waals surface area (Å²) in [5.41, 5.74) is 2.74. The Morgan fingerprint density at radius 1 is 0.881 bits per heavy atom. The monoisotopic (exact) mass is 593 g/mol. The maximum atomic E-state index is 14.8. The largest absolute Gasteiger partial charge is 0.497 e. The average molecular weight is 594 g/mol. The number of ether oxygens (including phenoxy) is 1. The lowest BCUT2D eigenvalue weighted by Crippen LogP contribution is -2.48. The normalized spacial score (nSPS) is 21.3. The molecular formula is C35H25Cl2NO4. The second kappa shape index (κ2) is 9.69. The molecule has 0 unspecified atom stereocenters. The van der Waals surface area contributed by atoms with Gasteiger partial charge in [-0.1, -0.05) is 89.4 Å². The Hall–Kier alpha value is -4.19. The van der Waals surface area contributed by atoms with E-state index in [1.165, 1.54) is 0 Å². The molecule has 0 saturated carbocycles. The van der Waals surface area contributed by atoms with Gasteiger partial charge in [-0.15, -0.1) is 0 Å². The van der Waals surface area contributed by atoms with Crippen LogP contribution in [0.15, 0.2) is 91.0 Å². The van der Waals surface area contributed by atoms with Gasteiger partial charge in [-0.2, -0.15) is 0 Å². The number of rotatable bonds is 4. The molecule has 0 bridgehead atoms. The van der Waals surface area contributed by atoms with Crippen molar-refractivity contribution in [1.29, 1.82) is 0 Å². The highest BCUT2D eigenvalue weighted by molar-refractivity contribution is 6.36. The predicted molar refractivity (Wildman–Crippen MR) is 164 cm³/mol. The third-order valence-electron chi connectivity index (χ3n) is 8.88. The van der Waals surface area contributed by atoms with Gasteiger partial charge in [0.05, 0.1) is 13.2 Å². The molecule has 0 N–H and O–H groups in total. The van der Waals surface area contributed by atoms with E-state index in [1.807, 2.05) is 42.2 Å². The number of aryl methyl sites for hydroxylation is 1. The van der Waals surface area contributed by atoms with Crippen LogP contribution in [-0.4, -0.2) is 36.5 Å². The van der Waals surface area contributed by atoms with Gasteiger partial charge in [-0.3, -0.25) is 14.4 Å². The highest BCUT2D eigenvalue weighted by Crippen LogP contribution is 2.61. The number of hydrogen-bond donors (Lipinski definition) is 0. The number of carbonyl (C=O) groups is 3. The van der Waals surface area contributed by atoms with E-state index in [1.54, 1.807) is 73.8 Å². The lowest BCUT2D eigenvalue weighted by atomic mass is 9.64. The number of methoxy groups -OCH3 is 1. The summed E-state index contributed by atoms with van der Waals surface area (Å²) in [7, 11) is 1.54. The fraction of sp³-hybridized carbons (Fsp3) is 0.171. The molecule has 3 aliphatic rings. The zero-order chi connectivity index (χ0) is 29.3. The van der Waals surface area contributed by atoms with Gasteiger partial charge in [0.15, 0.2) is 17.3 Å². The Balaban J connectivity index is 1.56. The lowest BCUT2D eigenvalue weighted by Gasteiger charge is -2.37. The molecule has 1 spiro atoms. The van der Waals surface area contributed by atoms with Crippen molar-refractivity contribution in [3.05, 3.63) is 134 Å². The average Bonchev–Trinajstić information content (AvgIpc) is 3.42.